The molecular weight excluding hydrogens is 233 g/mol. The van der Waals surface area contributed by atoms with Crippen LogP contribution in [0.25, 0.3) is 0 Å². The van der Waals surface area contributed by atoms with E-state index in [1.807, 2.05) is 6.07 Å². The van der Waals surface area contributed by atoms with E-state index in [1.165, 1.54) is 0 Å². The van der Waals surface area contributed by atoms with Crippen LogP contribution in [0, 0.1) is 17.2 Å². The summed E-state index contributed by atoms with van der Waals surface area (Å²) in [4.78, 5) is 11.8. The first-order chi connectivity index (χ1) is 7.07. The first kappa shape index (κ1) is 12.0. The van der Waals surface area contributed by atoms with Gasteiger partial charge in [-0.1, -0.05) is 36.2 Å². The van der Waals surface area contributed by atoms with E-state index in [2.05, 4.69) is 0 Å². The molecule has 1 rings (SSSR count). The third-order valence-electron chi connectivity index (χ3n) is 2.06. The maximum absolute atomic E-state index is 11.8. The Balaban J connectivity index is 3.02. The number of nitriles is 1. The minimum atomic E-state index is -0.356. The summed E-state index contributed by atoms with van der Waals surface area (Å²) < 4.78 is 0. The van der Waals surface area contributed by atoms with Crippen LogP contribution in [0.4, 0.5) is 0 Å². The van der Waals surface area contributed by atoms with Gasteiger partial charge in [-0.2, -0.15) is 5.26 Å². The van der Waals surface area contributed by atoms with Crippen molar-refractivity contribution in [3.05, 3.63) is 33.8 Å². The van der Waals surface area contributed by atoms with Crippen molar-refractivity contribution in [2.24, 2.45) is 5.92 Å². The minimum Gasteiger partial charge on any atom is -0.294 e. The summed E-state index contributed by atoms with van der Waals surface area (Å²) in [5.74, 6) is -0.505. The predicted molar refractivity (Wildman–Crippen MR) is 60.2 cm³/mol. The molecule has 0 aromatic heterocycles. The Bertz CT molecular complexity index is 423. The van der Waals surface area contributed by atoms with E-state index in [9.17, 15) is 4.79 Å². The average Bonchev–Trinajstić information content (AvgIpc) is 2.21. The highest BCUT2D eigenvalue weighted by Gasteiger charge is 2.18. The molecule has 0 aliphatic heterocycles. The summed E-state index contributed by atoms with van der Waals surface area (Å²) in [5, 5.41) is 9.11. The van der Waals surface area contributed by atoms with Crippen molar-refractivity contribution in [2.75, 3.05) is 0 Å². The molecule has 0 fully saturated rings. The van der Waals surface area contributed by atoms with E-state index >= 15 is 0 Å². The molecule has 15 heavy (non-hydrogen) atoms. The van der Waals surface area contributed by atoms with E-state index in [4.69, 9.17) is 28.5 Å². The van der Waals surface area contributed by atoms with Crippen molar-refractivity contribution in [3.8, 4) is 6.07 Å². The molecule has 2 nitrogen and oxygen atoms in total. The molecule has 0 aliphatic carbocycles. The van der Waals surface area contributed by atoms with Gasteiger partial charge in [-0.25, -0.2) is 0 Å². The minimum absolute atomic E-state index is 0.149. The summed E-state index contributed by atoms with van der Waals surface area (Å²) in [6.07, 6.45) is 0.182. The molecule has 1 aromatic carbocycles. The molecule has 1 unspecified atom stereocenters. The van der Waals surface area contributed by atoms with Gasteiger partial charge in [0.2, 0.25) is 0 Å². The third kappa shape index (κ3) is 2.71. The second-order valence-corrected chi connectivity index (χ2v) is 4.01. The first-order valence-corrected chi connectivity index (χ1v) is 5.18. The Labute approximate surface area is 98.4 Å². The molecule has 1 atom stereocenters. The van der Waals surface area contributed by atoms with Crippen LogP contribution >= 0.6 is 23.2 Å². The molecule has 0 aliphatic rings. The quantitative estimate of drug-likeness (QED) is 0.757. The highest BCUT2D eigenvalue weighted by molar-refractivity contribution is 6.43. The number of benzene rings is 1. The number of ketones is 1. The molecule has 0 radical (unpaired) electrons. The highest BCUT2D eigenvalue weighted by Crippen LogP contribution is 2.27. The Morgan fingerprint density at radius 3 is 2.80 bits per heavy atom. The monoisotopic (exact) mass is 241 g/mol. The third-order valence-corrected chi connectivity index (χ3v) is 2.88. The van der Waals surface area contributed by atoms with Gasteiger partial charge < -0.3 is 0 Å². The van der Waals surface area contributed by atoms with Gasteiger partial charge >= 0.3 is 0 Å². The summed E-state index contributed by atoms with van der Waals surface area (Å²) in [7, 11) is 0. The van der Waals surface area contributed by atoms with Crippen molar-refractivity contribution in [1.29, 1.82) is 5.26 Å². The molecule has 78 valence electrons. The van der Waals surface area contributed by atoms with E-state index in [1.54, 1.807) is 25.1 Å². The molecule has 0 N–H and O–H groups in total. The normalized spacial score (nSPS) is 11.9. The van der Waals surface area contributed by atoms with Crippen LogP contribution in [0.2, 0.25) is 10.0 Å². The Hall–Kier alpha value is -1.04. The topological polar surface area (TPSA) is 40.9 Å². The van der Waals surface area contributed by atoms with Gasteiger partial charge in [0.25, 0.3) is 0 Å². The van der Waals surface area contributed by atoms with Crippen LogP contribution < -0.4 is 0 Å². The number of rotatable bonds is 3. The number of Topliss-reactive ketones (excluding diaryl/α,β-unsaturated/α-hetero) is 1. The van der Waals surface area contributed by atoms with Gasteiger partial charge in [0.1, 0.15) is 0 Å². The maximum Gasteiger partial charge on any atom is 0.168 e. The van der Waals surface area contributed by atoms with Gasteiger partial charge in [-0.05, 0) is 12.1 Å². The Kier molecular flexibility index (Phi) is 4.14. The standard InChI is InChI=1S/C11H9Cl2NO/c1-7(5-6-14)11(15)8-3-2-4-9(12)10(8)13/h2-4,7H,5H2,1H3. The van der Waals surface area contributed by atoms with Crippen LogP contribution in [0.1, 0.15) is 23.7 Å². The zero-order chi connectivity index (χ0) is 11.4. The van der Waals surface area contributed by atoms with Crippen molar-refractivity contribution in [1.82, 2.24) is 0 Å². The summed E-state index contributed by atoms with van der Waals surface area (Å²) >= 11 is 11.7. The van der Waals surface area contributed by atoms with Gasteiger partial charge in [-0.15, -0.1) is 0 Å². The molecule has 4 heteroatoms. The van der Waals surface area contributed by atoms with Crippen LogP contribution in [0.3, 0.4) is 0 Å². The fourth-order valence-electron chi connectivity index (χ4n) is 1.19. The lowest BCUT2D eigenvalue weighted by atomic mass is 9.97. The molecule has 1 aromatic rings. The fraction of sp³-hybridized carbons (Fsp3) is 0.273. The summed E-state index contributed by atoms with van der Waals surface area (Å²) in [6.45, 7) is 1.70. The largest absolute Gasteiger partial charge is 0.294 e. The fourth-order valence-corrected chi connectivity index (χ4v) is 1.58. The molecule has 0 heterocycles. The van der Waals surface area contributed by atoms with Gasteiger partial charge in [0.05, 0.1) is 16.1 Å². The van der Waals surface area contributed by atoms with Crippen LogP contribution in [0.15, 0.2) is 18.2 Å². The number of hydrogen-bond acceptors (Lipinski definition) is 2. The Morgan fingerprint density at radius 1 is 1.53 bits per heavy atom. The Morgan fingerprint density at radius 2 is 2.20 bits per heavy atom. The number of halogens is 2. The smallest absolute Gasteiger partial charge is 0.168 e. The maximum atomic E-state index is 11.8. The first-order valence-electron chi connectivity index (χ1n) is 4.43. The summed E-state index contributed by atoms with van der Waals surface area (Å²) in [5.41, 5.74) is 0.381. The zero-order valence-corrected chi connectivity index (χ0v) is 9.64. The molecule has 0 bridgehead atoms. The van der Waals surface area contributed by atoms with E-state index in [0.717, 1.165) is 0 Å². The van der Waals surface area contributed by atoms with Gasteiger partial charge in [0, 0.05) is 17.9 Å². The van der Waals surface area contributed by atoms with Crippen molar-refractivity contribution < 1.29 is 4.79 Å². The molecule has 0 amide bonds. The van der Waals surface area contributed by atoms with Crippen LogP contribution in [0.5, 0.6) is 0 Å². The van der Waals surface area contributed by atoms with Gasteiger partial charge in [-0.3, -0.25) is 4.79 Å². The summed E-state index contributed by atoms with van der Waals surface area (Å²) in [6, 6.07) is 6.86. The number of carbonyl (C=O) groups excluding carboxylic acids is 1. The molecule has 0 spiro atoms. The van der Waals surface area contributed by atoms with Gasteiger partial charge in [0.15, 0.2) is 5.78 Å². The molecule has 0 saturated heterocycles. The van der Waals surface area contributed by atoms with Crippen LogP contribution in [-0.4, -0.2) is 5.78 Å². The predicted octanol–water partition coefficient (Wildman–Crippen LogP) is 3.73. The zero-order valence-electron chi connectivity index (χ0n) is 8.13. The lowest BCUT2D eigenvalue weighted by Crippen LogP contribution is -2.11. The van der Waals surface area contributed by atoms with Crippen molar-refractivity contribution in [3.63, 3.8) is 0 Å². The van der Waals surface area contributed by atoms with Crippen molar-refractivity contribution >= 4 is 29.0 Å². The molecule has 0 saturated carbocycles. The number of hydrogen-bond donors (Lipinski definition) is 0. The number of nitrogens with zero attached hydrogens (tertiary/aromatic N) is 1. The second kappa shape index (κ2) is 5.16. The number of carbonyl (C=O) groups is 1. The lowest BCUT2D eigenvalue weighted by Gasteiger charge is -2.08. The van der Waals surface area contributed by atoms with E-state index in [-0.39, 0.29) is 23.1 Å². The van der Waals surface area contributed by atoms with Crippen LogP contribution in [-0.2, 0) is 0 Å². The van der Waals surface area contributed by atoms with E-state index < -0.39 is 0 Å². The second-order valence-electron chi connectivity index (χ2n) is 3.23. The lowest BCUT2D eigenvalue weighted by molar-refractivity contribution is 0.0932. The van der Waals surface area contributed by atoms with Crippen molar-refractivity contribution in [2.45, 2.75) is 13.3 Å². The van der Waals surface area contributed by atoms with E-state index in [0.29, 0.717) is 10.6 Å². The molecular formula is C11H9Cl2NO. The SMILES string of the molecule is CC(CC#N)C(=O)c1cccc(Cl)c1Cl. The highest BCUT2D eigenvalue weighted by atomic mass is 35.5. The average molecular weight is 242 g/mol.